The van der Waals surface area contributed by atoms with Gasteiger partial charge in [0.15, 0.2) is 0 Å². The van der Waals surface area contributed by atoms with E-state index in [4.69, 9.17) is 10.3 Å². The zero-order chi connectivity index (χ0) is 11.4. The fraction of sp³-hybridized carbons (Fsp3) is 0.333. The molecule has 0 aliphatic heterocycles. The first kappa shape index (κ1) is 11.1. The molecule has 0 bridgehead atoms. The summed E-state index contributed by atoms with van der Waals surface area (Å²) in [5.74, 6) is 5.35. The predicted octanol–water partition coefficient (Wildman–Crippen LogP) is 1.05. The van der Waals surface area contributed by atoms with Gasteiger partial charge in [-0.05, 0) is 13.1 Å². The van der Waals surface area contributed by atoms with E-state index in [0.717, 1.165) is 22.8 Å². The summed E-state index contributed by atoms with van der Waals surface area (Å²) < 4.78 is 8.86. The van der Waals surface area contributed by atoms with Gasteiger partial charge in [0, 0.05) is 30.2 Å². The molecule has 0 saturated heterocycles. The first-order valence-corrected chi connectivity index (χ1v) is 5.54. The number of rotatable bonds is 5. The van der Waals surface area contributed by atoms with Crippen molar-refractivity contribution in [1.82, 2.24) is 14.5 Å². The van der Waals surface area contributed by atoms with Crippen LogP contribution in [-0.4, -0.2) is 21.5 Å². The summed E-state index contributed by atoms with van der Waals surface area (Å²) in [5.41, 5.74) is 4.58. The van der Waals surface area contributed by atoms with E-state index in [0.29, 0.717) is 6.54 Å². The lowest BCUT2D eigenvalue weighted by Gasteiger charge is -2.14. The zero-order valence-corrected chi connectivity index (χ0v) is 9.70. The van der Waals surface area contributed by atoms with Crippen molar-refractivity contribution < 1.29 is 4.42 Å². The first-order valence-electron chi connectivity index (χ1n) is 4.77. The normalized spacial score (nSPS) is 10.9. The van der Waals surface area contributed by atoms with Gasteiger partial charge in [-0.15, -0.1) is 5.10 Å². The van der Waals surface area contributed by atoms with Crippen LogP contribution in [0.15, 0.2) is 23.0 Å². The van der Waals surface area contributed by atoms with Crippen LogP contribution in [0.1, 0.15) is 11.3 Å². The maximum absolute atomic E-state index is 5.35. The summed E-state index contributed by atoms with van der Waals surface area (Å²) in [5, 5.41) is 4.82. The molecule has 0 amide bonds. The summed E-state index contributed by atoms with van der Waals surface area (Å²) in [6.45, 7) is 1.50. The largest absolute Gasteiger partial charge is 0.472 e. The molecule has 16 heavy (non-hydrogen) atoms. The van der Waals surface area contributed by atoms with E-state index in [9.17, 15) is 0 Å². The second kappa shape index (κ2) is 5.06. The highest BCUT2D eigenvalue weighted by Crippen LogP contribution is 2.18. The highest BCUT2D eigenvalue weighted by atomic mass is 32.1. The molecule has 0 aromatic carbocycles. The third-order valence-corrected chi connectivity index (χ3v) is 2.84. The minimum absolute atomic E-state index is 0.696. The number of hydrogen-bond donors (Lipinski definition) is 2. The molecular weight excluding hydrogens is 226 g/mol. The van der Waals surface area contributed by atoms with Gasteiger partial charge in [0.25, 0.3) is 0 Å². The molecule has 2 heterocycles. The summed E-state index contributed by atoms with van der Waals surface area (Å²) in [6, 6.07) is 1.94. The van der Waals surface area contributed by atoms with Crippen LogP contribution in [0.25, 0.3) is 0 Å². The van der Waals surface area contributed by atoms with Crippen LogP contribution in [0.4, 0.5) is 5.00 Å². The molecule has 0 atom stereocenters. The number of aromatic nitrogens is 2. The van der Waals surface area contributed by atoms with E-state index < -0.39 is 0 Å². The molecule has 3 N–H and O–H groups in total. The Kier molecular flexibility index (Phi) is 3.50. The Morgan fingerprint density at radius 2 is 2.44 bits per heavy atom. The number of nitrogens with zero attached hydrogens (tertiary/aromatic N) is 3. The first-order chi connectivity index (χ1) is 7.79. The van der Waals surface area contributed by atoms with Gasteiger partial charge in [-0.1, -0.05) is 4.49 Å². The number of anilines is 1. The van der Waals surface area contributed by atoms with Crippen LogP contribution < -0.4 is 11.3 Å². The number of hydrazine groups is 1. The molecule has 2 aromatic rings. The Hall–Kier alpha value is -1.44. The standard InChI is InChI=1S/C9H13N5OS/c1-14(4-7-2-3-15-6-7)5-8-9(11-10)16-13-12-8/h2-3,6,11H,4-5,10H2,1H3. The van der Waals surface area contributed by atoms with E-state index in [-0.39, 0.29) is 0 Å². The molecule has 2 aromatic heterocycles. The van der Waals surface area contributed by atoms with Gasteiger partial charge >= 0.3 is 0 Å². The van der Waals surface area contributed by atoms with Gasteiger partial charge in [0.2, 0.25) is 0 Å². The van der Waals surface area contributed by atoms with Gasteiger partial charge in [0.1, 0.15) is 10.7 Å². The van der Waals surface area contributed by atoms with Crippen molar-refractivity contribution in [3.05, 3.63) is 29.9 Å². The summed E-state index contributed by atoms with van der Waals surface area (Å²) in [4.78, 5) is 2.11. The molecule has 0 aliphatic carbocycles. The maximum Gasteiger partial charge on any atom is 0.148 e. The molecule has 7 heteroatoms. The number of nitrogens with one attached hydrogen (secondary N) is 1. The Labute approximate surface area is 97.2 Å². The monoisotopic (exact) mass is 239 g/mol. The molecular formula is C9H13N5OS. The SMILES string of the molecule is CN(Cc1ccoc1)Cc1nnsc1NN. The fourth-order valence-corrected chi connectivity index (χ4v) is 1.91. The van der Waals surface area contributed by atoms with Crippen LogP contribution in [-0.2, 0) is 13.1 Å². The Bertz CT molecular complexity index is 427. The van der Waals surface area contributed by atoms with E-state index in [2.05, 4.69) is 19.9 Å². The molecule has 2 rings (SSSR count). The van der Waals surface area contributed by atoms with E-state index in [1.165, 1.54) is 11.5 Å². The maximum atomic E-state index is 5.35. The van der Waals surface area contributed by atoms with Crippen molar-refractivity contribution in [1.29, 1.82) is 0 Å². The average molecular weight is 239 g/mol. The average Bonchev–Trinajstić information content (AvgIpc) is 2.88. The molecule has 0 spiro atoms. The summed E-state index contributed by atoms with van der Waals surface area (Å²) in [7, 11) is 2.01. The lowest BCUT2D eigenvalue weighted by Crippen LogP contribution is -2.18. The quantitative estimate of drug-likeness (QED) is 0.599. The molecule has 0 fully saturated rings. The smallest absolute Gasteiger partial charge is 0.148 e. The molecule has 0 radical (unpaired) electrons. The molecule has 0 unspecified atom stereocenters. The second-order valence-corrected chi connectivity index (χ2v) is 4.25. The topological polar surface area (TPSA) is 80.2 Å². The number of hydrogen-bond acceptors (Lipinski definition) is 7. The van der Waals surface area contributed by atoms with Gasteiger partial charge in [-0.2, -0.15) is 0 Å². The molecule has 0 saturated carbocycles. The van der Waals surface area contributed by atoms with E-state index in [1.54, 1.807) is 12.5 Å². The molecule has 6 nitrogen and oxygen atoms in total. The van der Waals surface area contributed by atoms with Crippen LogP contribution in [0.2, 0.25) is 0 Å². The Morgan fingerprint density at radius 3 is 3.12 bits per heavy atom. The Morgan fingerprint density at radius 1 is 1.56 bits per heavy atom. The van der Waals surface area contributed by atoms with Crippen LogP contribution in [0, 0.1) is 0 Å². The van der Waals surface area contributed by atoms with E-state index in [1.807, 2.05) is 13.1 Å². The summed E-state index contributed by atoms with van der Waals surface area (Å²) >= 11 is 1.26. The van der Waals surface area contributed by atoms with Gasteiger partial charge < -0.3 is 9.84 Å². The van der Waals surface area contributed by atoms with Crippen LogP contribution in [0.5, 0.6) is 0 Å². The van der Waals surface area contributed by atoms with Crippen molar-refractivity contribution in [2.45, 2.75) is 13.1 Å². The molecule has 86 valence electrons. The van der Waals surface area contributed by atoms with Crippen molar-refractivity contribution in [2.24, 2.45) is 5.84 Å². The summed E-state index contributed by atoms with van der Waals surface area (Å²) in [6.07, 6.45) is 3.40. The minimum Gasteiger partial charge on any atom is -0.472 e. The van der Waals surface area contributed by atoms with Gasteiger partial charge in [-0.25, -0.2) is 5.84 Å². The third-order valence-electron chi connectivity index (χ3n) is 2.14. The van der Waals surface area contributed by atoms with Crippen molar-refractivity contribution in [2.75, 3.05) is 12.5 Å². The van der Waals surface area contributed by atoms with Crippen molar-refractivity contribution in [3.8, 4) is 0 Å². The molecule has 0 aliphatic rings. The zero-order valence-electron chi connectivity index (χ0n) is 8.88. The van der Waals surface area contributed by atoms with Crippen molar-refractivity contribution in [3.63, 3.8) is 0 Å². The van der Waals surface area contributed by atoms with Gasteiger partial charge in [0.05, 0.1) is 12.5 Å². The fourth-order valence-electron chi connectivity index (χ4n) is 1.43. The van der Waals surface area contributed by atoms with Crippen LogP contribution in [0.3, 0.4) is 0 Å². The Balaban J connectivity index is 1.94. The highest BCUT2D eigenvalue weighted by Gasteiger charge is 2.10. The van der Waals surface area contributed by atoms with Crippen molar-refractivity contribution >= 4 is 16.5 Å². The third kappa shape index (κ3) is 2.57. The second-order valence-electron chi connectivity index (χ2n) is 3.50. The predicted molar refractivity (Wildman–Crippen MR) is 61.6 cm³/mol. The van der Waals surface area contributed by atoms with E-state index >= 15 is 0 Å². The number of nitrogen functional groups attached to an aromatic ring is 1. The lowest BCUT2D eigenvalue weighted by molar-refractivity contribution is 0.314. The van der Waals surface area contributed by atoms with Crippen LogP contribution >= 0.6 is 11.5 Å². The minimum atomic E-state index is 0.696. The lowest BCUT2D eigenvalue weighted by atomic mass is 10.3. The highest BCUT2D eigenvalue weighted by molar-refractivity contribution is 7.10. The van der Waals surface area contributed by atoms with Gasteiger partial charge in [-0.3, -0.25) is 4.90 Å². The number of furan rings is 1. The number of nitrogens with two attached hydrogens (primary N) is 1.